The second kappa shape index (κ2) is 5.35. The van der Waals surface area contributed by atoms with Crippen LogP contribution in [0.25, 0.3) is 0 Å². The quantitative estimate of drug-likeness (QED) is 0.802. The van der Waals surface area contributed by atoms with Crippen molar-refractivity contribution in [2.24, 2.45) is 0 Å². The molecule has 1 aromatic heterocycles. The molecule has 2 nitrogen and oxygen atoms in total. The molecule has 2 aromatic rings. The first kappa shape index (κ1) is 12.8. The van der Waals surface area contributed by atoms with Crippen molar-refractivity contribution < 1.29 is 13.6 Å². The molecule has 0 bridgehead atoms. The third kappa shape index (κ3) is 2.46. The second-order valence-corrected chi connectivity index (χ2v) is 4.42. The second-order valence-electron chi connectivity index (χ2n) is 3.57. The minimum atomic E-state index is -2.69. The molecule has 0 N–H and O–H groups in total. The molecule has 0 atom stereocenters. The summed E-state index contributed by atoms with van der Waals surface area (Å²) in [6, 6.07) is 7.30. The number of pyridine rings is 1. The van der Waals surface area contributed by atoms with Crippen LogP contribution in [0.1, 0.15) is 27.9 Å². The molecule has 0 amide bonds. The molecular formula is C13H8BrF2NO. The van der Waals surface area contributed by atoms with E-state index in [0.717, 1.165) is 0 Å². The molecule has 18 heavy (non-hydrogen) atoms. The van der Waals surface area contributed by atoms with Crippen LogP contribution < -0.4 is 0 Å². The number of benzene rings is 1. The van der Waals surface area contributed by atoms with E-state index in [2.05, 4.69) is 20.9 Å². The number of carbonyl (C=O) groups excluding carboxylic acids is 1. The lowest BCUT2D eigenvalue weighted by molar-refractivity contribution is 0.102. The SMILES string of the molecule is O=C(c1ccncc1)c1c(Br)cccc1C(F)F. The van der Waals surface area contributed by atoms with Crippen LogP contribution in [0.3, 0.4) is 0 Å². The standard InChI is InChI=1S/C13H8BrF2NO/c14-10-3-1-2-9(13(15)16)11(10)12(18)8-4-6-17-7-5-8/h1-7,13H. The fourth-order valence-corrected chi connectivity index (χ4v) is 2.17. The Bertz CT molecular complexity index is 572. The number of alkyl halides is 2. The summed E-state index contributed by atoms with van der Waals surface area (Å²) in [5.41, 5.74) is 0.0590. The highest BCUT2D eigenvalue weighted by Crippen LogP contribution is 2.30. The number of aromatic nitrogens is 1. The lowest BCUT2D eigenvalue weighted by Gasteiger charge is -2.09. The van der Waals surface area contributed by atoms with Crippen molar-refractivity contribution in [2.75, 3.05) is 0 Å². The molecule has 1 heterocycles. The Balaban J connectivity index is 2.54. The van der Waals surface area contributed by atoms with Gasteiger partial charge in [0.1, 0.15) is 0 Å². The minimum absolute atomic E-state index is 0.00120. The Kier molecular flexibility index (Phi) is 3.81. The summed E-state index contributed by atoms with van der Waals surface area (Å²) >= 11 is 3.14. The summed E-state index contributed by atoms with van der Waals surface area (Å²) in [5.74, 6) is -0.444. The van der Waals surface area contributed by atoms with Gasteiger partial charge in [-0.15, -0.1) is 0 Å². The maximum atomic E-state index is 12.9. The first-order chi connectivity index (χ1) is 8.61. The molecule has 0 saturated carbocycles. The minimum Gasteiger partial charge on any atom is -0.289 e. The van der Waals surface area contributed by atoms with E-state index in [4.69, 9.17) is 0 Å². The molecule has 0 aliphatic carbocycles. The first-order valence-corrected chi connectivity index (χ1v) is 5.92. The van der Waals surface area contributed by atoms with Crippen molar-refractivity contribution in [1.82, 2.24) is 4.98 Å². The molecule has 1 aromatic carbocycles. The van der Waals surface area contributed by atoms with Gasteiger partial charge < -0.3 is 0 Å². The van der Waals surface area contributed by atoms with Crippen LogP contribution >= 0.6 is 15.9 Å². The van der Waals surface area contributed by atoms with Crippen molar-refractivity contribution in [3.63, 3.8) is 0 Å². The van der Waals surface area contributed by atoms with Gasteiger partial charge in [-0.25, -0.2) is 8.78 Å². The van der Waals surface area contributed by atoms with E-state index < -0.39 is 12.2 Å². The van der Waals surface area contributed by atoms with Crippen molar-refractivity contribution in [3.05, 3.63) is 63.9 Å². The number of rotatable bonds is 3. The summed E-state index contributed by atoms with van der Waals surface area (Å²) in [4.78, 5) is 16.0. The molecule has 0 spiro atoms. The molecule has 0 aliphatic heterocycles. The van der Waals surface area contributed by atoms with Gasteiger partial charge in [0.05, 0.1) is 0 Å². The van der Waals surface area contributed by atoms with Crippen molar-refractivity contribution in [3.8, 4) is 0 Å². The molecule has 5 heteroatoms. The predicted octanol–water partition coefficient (Wildman–Crippen LogP) is 4.01. The highest BCUT2D eigenvalue weighted by Gasteiger charge is 2.21. The van der Waals surface area contributed by atoms with E-state index in [1.807, 2.05) is 0 Å². The lowest BCUT2D eigenvalue weighted by atomic mass is 9.99. The average Bonchev–Trinajstić information content (AvgIpc) is 2.38. The van der Waals surface area contributed by atoms with E-state index in [1.54, 1.807) is 6.07 Å². The zero-order chi connectivity index (χ0) is 13.1. The Morgan fingerprint density at radius 1 is 1.17 bits per heavy atom. The van der Waals surface area contributed by atoms with Crippen molar-refractivity contribution in [1.29, 1.82) is 0 Å². The molecule has 92 valence electrons. The van der Waals surface area contributed by atoms with Gasteiger partial charge in [0, 0.05) is 33.6 Å². The summed E-state index contributed by atoms with van der Waals surface area (Å²) in [7, 11) is 0. The van der Waals surface area contributed by atoms with Gasteiger partial charge in [-0.1, -0.05) is 28.1 Å². The van der Waals surface area contributed by atoms with Crippen molar-refractivity contribution in [2.45, 2.75) is 6.43 Å². The number of hydrogen-bond acceptors (Lipinski definition) is 2. The van der Waals surface area contributed by atoms with Gasteiger partial charge in [0.2, 0.25) is 0 Å². The molecule has 0 fully saturated rings. The summed E-state index contributed by atoms with van der Waals surface area (Å²) < 4.78 is 26.2. The van der Waals surface area contributed by atoms with Gasteiger partial charge in [-0.3, -0.25) is 9.78 Å². The van der Waals surface area contributed by atoms with Crippen LogP contribution in [-0.4, -0.2) is 10.8 Å². The van der Waals surface area contributed by atoms with E-state index in [0.29, 0.717) is 10.0 Å². The normalized spacial score (nSPS) is 10.7. The van der Waals surface area contributed by atoms with Gasteiger partial charge >= 0.3 is 0 Å². The Hall–Kier alpha value is -1.62. The number of ketones is 1. The summed E-state index contributed by atoms with van der Waals surface area (Å²) in [6.45, 7) is 0. The van der Waals surface area contributed by atoms with E-state index in [-0.39, 0.29) is 11.1 Å². The number of hydrogen-bond donors (Lipinski definition) is 0. The summed E-state index contributed by atoms with van der Waals surface area (Å²) in [6.07, 6.45) is 0.210. The topological polar surface area (TPSA) is 30.0 Å². The third-order valence-corrected chi connectivity index (χ3v) is 3.11. The van der Waals surface area contributed by atoms with Crippen LogP contribution in [0.2, 0.25) is 0 Å². The molecule has 0 aliphatic rings. The smallest absolute Gasteiger partial charge is 0.264 e. The van der Waals surface area contributed by atoms with E-state index in [1.165, 1.54) is 36.7 Å². The van der Waals surface area contributed by atoms with Gasteiger partial charge in [0.25, 0.3) is 6.43 Å². The van der Waals surface area contributed by atoms with Crippen LogP contribution in [-0.2, 0) is 0 Å². The fraction of sp³-hybridized carbons (Fsp3) is 0.0769. The Labute approximate surface area is 111 Å². The van der Waals surface area contributed by atoms with E-state index in [9.17, 15) is 13.6 Å². The maximum absolute atomic E-state index is 12.9. The monoisotopic (exact) mass is 311 g/mol. The zero-order valence-corrected chi connectivity index (χ0v) is 10.7. The van der Waals surface area contributed by atoms with Crippen molar-refractivity contribution >= 4 is 21.7 Å². The molecule has 2 rings (SSSR count). The highest BCUT2D eigenvalue weighted by molar-refractivity contribution is 9.10. The first-order valence-electron chi connectivity index (χ1n) is 5.12. The third-order valence-electron chi connectivity index (χ3n) is 2.45. The Morgan fingerprint density at radius 2 is 1.83 bits per heavy atom. The Morgan fingerprint density at radius 3 is 2.44 bits per heavy atom. The largest absolute Gasteiger partial charge is 0.289 e. The summed E-state index contributed by atoms with van der Waals surface area (Å²) in [5, 5.41) is 0. The maximum Gasteiger partial charge on any atom is 0.264 e. The fourth-order valence-electron chi connectivity index (χ4n) is 1.61. The molecule has 0 saturated heterocycles. The molecule has 0 unspecified atom stereocenters. The predicted molar refractivity (Wildman–Crippen MR) is 66.8 cm³/mol. The van der Waals surface area contributed by atoms with Gasteiger partial charge in [-0.05, 0) is 18.2 Å². The lowest BCUT2D eigenvalue weighted by Crippen LogP contribution is -2.07. The average molecular weight is 312 g/mol. The van der Waals surface area contributed by atoms with Crippen LogP contribution in [0.5, 0.6) is 0 Å². The van der Waals surface area contributed by atoms with Crippen LogP contribution in [0, 0.1) is 0 Å². The highest BCUT2D eigenvalue weighted by atomic mass is 79.9. The molecular weight excluding hydrogens is 304 g/mol. The molecule has 0 radical (unpaired) electrons. The number of nitrogens with zero attached hydrogens (tertiary/aromatic N) is 1. The van der Waals surface area contributed by atoms with Crippen LogP contribution in [0.15, 0.2) is 47.2 Å². The van der Waals surface area contributed by atoms with Gasteiger partial charge in [-0.2, -0.15) is 0 Å². The van der Waals surface area contributed by atoms with E-state index >= 15 is 0 Å². The van der Waals surface area contributed by atoms with Crippen LogP contribution in [0.4, 0.5) is 8.78 Å². The number of carbonyl (C=O) groups is 1. The zero-order valence-electron chi connectivity index (χ0n) is 9.11. The van der Waals surface area contributed by atoms with Gasteiger partial charge in [0.15, 0.2) is 5.78 Å². The number of halogens is 3.